The van der Waals surface area contributed by atoms with Gasteiger partial charge in [-0.05, 0) is 37.8 Å². The van der Waals surface area contributed by atoms with Crippen molar-refractivity contribution in [3.63, 3.8) is 0 Å². The largest absolute Gasteiger partial charge is 0.480 e. The number of nitrogens with one attached hydrogen (secondary N) is 3. The van der Waals surface area contributed by atoms with Gasteiger partial charge in [0.1, 0.15) is 24.2 Å². The zero-order valence-electron chi connectivity index (χ0n) is 20.0. The second kappa shape index (κ2) is 16.2. The van der Waals surface area contributed by atoms with Crippen molar-refractivity contribution in [2.45, 2.75) is 62.7 Å². The highest BCUT2D eigenvalue weighted by atomic mass is 16.4. The van der Waals surface area contributed by atoms with Gasteiger partial charge in [-0.2, -0.15) is 0 Å². The van der Waals surface area contributed by atoms with Crippen LogP contribution in [0.4, 0.5) is 0 Å². The number of amides is 4. The van der Waals surface area contributed by atoms with Gasteiger partial charge in [-0.1, -0.05) is 30.3 Å². The molecular weight excluding hydrogens is 472 g/mol. The lowest BCUT2D eigenvalue weighted by molar-refractivity contribution is -0.142. The smallest absolute Gasteiger partial charge is 0.326 e. The molecule has 0 saturated heterocycles. The minimum atomic E-state index is -1.30. The minimum Gasteiger partial charge on any atom is -0.480 e. The molecule has 0 aliphatic heterocycles. The van der Waals surface area contributed by atoms with Crippen LogP contribution in [-0.4, -0.2) is 77.1 Å². The summed E-state index contributed by atoms with van der Waals surface area (Å²) in [5, 5.41) is 25.9. The van der Waals surface area contributed by atoms with E-state index >= 15 is 0 Å². The molecule has 0 heterocycles. The Hall–Kier alpha value is -3.55. The molecule has 1 aromatic carbocycles. The number of aliphatic hydroxyl groups is 1. The quantitative estimate of drug-likeness (QED) is 0.103. The maximum absolute atomic E-state index is 13.1. The van der Waals surface area contributed by atoms with Crippen LogP contribution < -0.4 is 33.2 Å². The number of hydrogen-bond donors (Lipinski definition) is 8. The van der Waals surface area contributed by atoms with Crippen molar-refractivity contribution in [1.82, 2.24) is 16.0 Å². The van der Waals surface area contributed by atoms with Gasteiger partial charge in [-0.15, -0.1) is 0 Å². The van der Waals surface area contributed by atoms with E-state index in [4.69, 9.17) is 22.3 Å². The monoisotopic (exact) mass is 508 g/mol. The second-order valence-electron chi connectivity index (χ2n) is 8.29. The molecular formula is C23H36N6O7. The maximum atomic E-state index is 13.1. The van der Waals surface area contributed by atoms with E-state index in [1.165, 1.54) is 0 Å². The summed E-state index contributed by atoms with van der Waals surface area (Å²) in [6.07, 6.45) is 0.823. The van der Waals surface area contributed by atoms with Crippen LogP contribution in [0.3, 0.4) is 0 Å². The van der Waals surface area contributed by atoms with Gasteiger partial charge < -0.3 is 43.4 Å². The maximum Gasteiger partial charge on any atom is 0.326 e. The average molecular weight is 509 g/mol. The van der Waals surface area contributed by atoms with Crippen LogP contribution in [0, 0.1) is 0 Å². The number of carbonyl (C=O) groups excluding carboxylic acids is 4. The third kappa shape index (κ3) is 11.3. The summed E-state index contributed by atoms with van der Waals surface area (Å²) in [5.74, 6) is -4.32. The Morgan fingerprint density at radius 2 is 1.42 bits per heavy atom. The van der Waals surface area contributed by atoms with Crippen LogP contribution in [0.1, 0.15) is 37.7 Å². The van der Waals surface area contributed by atoms with E-state index in [1.807, 2.05) is 0 Å². The molecule has 13 nitrogen and oxygen atoms in total. The van der Waals surface area contributed by atoms with Gasteiger partial charge in [-0.3, -0.25) is 19.2 Å². The number of rotatable bonds is 17. The highest BCUT2D eigenvalue weighted by Crippen LogP contribution is 2.08. The normalized spacial score (nSPS) is 14.1. The topological polar surface area (TPSA) is 240 Å². The molecule has 4 unspecified atom stereocenters. The van der Waals surface area contributed by atoms with Crippen LogP contribution in [0.15, 0.2) is 30.3 Å². The van der Waals surface area contributed by atoms with Crippen LogP contribution in [-0.2, 0) is 30.4 Å². The van der Waals surface area contributed by atoms with Crippen molar-refractivity contribution in [2.75, 3.05) is 13.2 Å². The Bertz CT molecular complexity index is 883. The highest BCUT2D eigenvalue weighted by molar-refractivity contribution is 5.94. The van der Waals surface area contributed by atoms with Crippen molar-refractivity contribution in [1.29, 1.82) is 0 Å². The number of nitrogens with two attached hydrogens (primary N) is 3. The Balaban J connectivity index is 3.10. The number of unbranched alkanes of at least 4 members (excludes halogenated alkanes) is 1. The Kier molecular flexibility index (Phi) is 13.7. The van der Waals surface area contributed by atoms with Crippen LogP contribution in [0.25, 0.3) is 0 Å². The van der Waals surface area contributed by atoms with Gasteiger partial charge in [-0.25, -0.2) is 4.79 Å². The highest BCUT2D eigenvalue weighted by Gasteiger charge is 2.30. The average Bonchev–Trinajstić information content (AvgIpc) is 2.85. The molecule has 11 N–H and O–H groups in total. The van der Waals surface area contributed by atoms with E-state index in [0.29, 0.717) is 24.9 Å². The fraction of sp³-hybridized carbons (Fsp3) is 0.522. The molecule has 0 spiro atoms. The molecule has 200 valence electrons. The van der Waals surface area contributed by atoms with E-state index in [2.05, 4.69) is 16.0 Å². The van der Waals surface area contributed by atoms with Crippen LogP contribution in [0.2, 0.25) is 0 Å². The van der Waals surface area contributed by atoms with Gasteiger partial charge >= 0.3 is 5.97 Å². The summed E-state index contributed by atoms with van der Waals surface area (Å²) in [6, 6.07) is 3.74. The van der Waals surface area contributed by atoms with Crippen molar-refractivity contribution >= 4 is 29.6 Å². The SMILES string of the molecule is NCCCCC(NC(=O)C(Cc1ccccc1)NC(=O)C(CCC(N)=O)NC(=O)C(N)CO)C(=O)O. The predicted octanol–water partition coefficient (Wildman–Crippen LogP) is -2.52. The first-order valence-corrected chi connectivity index (χ1v) is 11.6. The van der Waals surface area contributed by atoms with E-state index < -0.39 is 60.4 Å². The third-order valence-electron chi connectivity index (χ3n) is 5.32. The number of carboxylic acid groups (broad SMARTS) is 1. The molecule has 13 heteroatoms. The first-order valence-electron chi connectivity index (χ1n) is 11.6. The number of carboxylic acids is 1. The summed E-state index contributed by atoms with van der Waals surface area (Å²) in [6.45, 7) is -0.291. The molecule has 1 rings (SSSR count). The van der Waals surface area contributed by atoms with Crippen molar-refractivity contribution in [3.8, 4) is 0 Å². The molecule has 0 bridgehead atoms. The molecule has 0 aromatic heterocycles. The number of aliphatic hydroxyl groups excluding tert-OH is 1. The van der Waals surface area contributed by atoms with Crippen molar-refractivity contribution in [2.24, 2.45) is 17.2 Å². The van der Waals surface area contributed by atoms with Crippen LogP contribution in [0.5, 0.6) is 0 Å². The summed E-state index contributed by atoms with van der Waals surface area (Å²) < 4.78 is 0. The number of primary amides is 1. The molecule has 36 heavy (non-hydrogen) atoms. The predicted molar refractivity (Wildman–Crippen MR) is 130 cm³/mol. The van der Waals surface area contributed by atoms with Gasteiger partial charge in [0.05, 0.1) is 6.61 Å². The molecule has 0 fully saturated rings. The Morgan fingerprint density at radius 3 is 1.97 bits per heavy atom. The molecule has 0 saturated carbocycles. The van der Waals surface area contributed by atoms with E-state index in [0.717, 1.165) is 0 Å². The van der Waals surface area contributed by atoms with Gasteiger partial charge in [0.2, 0.25) is 23.6 Å². The second-order valence-corrected chi connectivity index (χ2v) is 8.29. The Labute approximate surface area is 209 Å². The van der Waals surface area contributed by atoms with E-state index in [9.17, 15) is 29.1 Å². The molecule has 4 atom stereocenters. The number of benzene rings is 1. The van der Waals surface area contributed by atoms with Crippen molar-refractivity contribution in [3.05, 3.63) is 35.9 Å². The summed E-state index contributed by atoms with van der Waals surface area (Å²) in [7, 11) is 0. The third-order valence-corrected chi connectivity index (χ3v) is 5.32. The summed E-state index contributed by atoms with van der Waals surface area (Å²) >= 11 is 0. The number of hydrogen-bond acceptors (Lipinski definition) is 8. The first-order chi connectivity index (χ1) is 17.1. The van der Waals surface area contributed by atoms with Gasteiger partial charge in [0.15, 0.2) is 0 Å². The molecule has 1 aromatic rings. The van der Waals surface area contributed by atoms with Crippen molar-refractivity contribution < 1.29 is 34.2 Å². The van der Waals surface area contributed by atoms with Gasteiger partial charge in [0.25, 0.3) is 0 Å². The molecule has 4 amide bonds. The minimum absolute atomic E-state index is 0.0280. The summed E-state index contributed by atoms with van der Waals surface area (Å²) in [4.78, 5) is 61.2. The number of aliphatic carboxylic acids is 1. The fourth-order valence-corrected chi connectivity index (χ4v) is 3.27. The lowest BCUT2D eigenvalue weighted by Crippen LogP contribution is -2.58. The van der Waals surface area contributed by atoms with E-state index in [1.54, 1.807) is 30.3 Å². The molecule has 0 aliphatic rings. The fourth-order valence-electron chi connectivity index (χ4n) is 3.27. The van der Waals surface area contributed by atoms with Crippen LogP contribution >= 0.6 is 0 Å². The first kappa shape index (κ1) is 30.5. The lowest BCUT2D eigenvalue weighted by Gasteiger charge is -2.25. The number of carbonyl (C=O) groups is 5. The molecule has 0 aliphatic carbocycles. The van der Waals surface area contributed by atoms with E-state index in [-0.39, 0.29) is 25.7 Å². The Morgan fingerprint density at radius 1 is 0.833 bits per heavy atom. The zero-order valence-corrected chi connectivity index (χ0v) is 20.0. The lowest BCUT2D eigenvalue weighted by atomic mass is 10.0. The zero-order chi connectivity index (χ0) is 27.1. The standard InChI is InChI=1S/C23H36N6O7/c24-11-5-4-8-17(23(35)36)28-22(34)18(12-14-6-2-1-3-7-14)29-21(33)16(9-10-19(26)31)27-20(32)15(25)13-30/h1-3,6-7,15-18,30H,4-5,8-13,24-25H2,(H2,26,31)(H,27,32)(H,28,34)(H,29,33)(H,35,36). The van der Waals surface area contributed by atoms with Gasteiger partial charge in [0, 0.05) is 12.8 Å². The summed E-state index contributed by atoms with van der Waals surface area (Å²) in [5.41, 5.74) is 16.8. The molecule has 0 radical (unpaired) electrons.